The van der Waals surface area contributed by atoms with Gasteiger partial charge in [0.2, 0.25) is 5.91 Å². The van der Waals surface area contributed by atoms with Crippen LogP contribution in [0.5, 0.6) is 11.5 Å². The number of piperazine rings is 1. The second-order valence-electron chi connectivity index (χ2n) is 6.46. The zero-order valence-electron chi connectivity index (χ0n) is 15.1. The standard InChI is InChI=1S/C20H19ClN2O4S/c21-15-12-14(13-16-19(15)27-10-9-26-16)3-4-18(24)22-5-7-23(8-6-22)20(25)17-2-1-11-28-17/h1-4,11-13H,5-10H2/b4-3+. The molecule has 2 amide bonds. The number of benzene rings is 1. The number of amides is 2. The molecule has 0 spiro atoms. The van der Waals surface area contributed by atoms with Crippen molar-refractivity contribution in [3.63, 3.8) is 0 Å². The molecule has 2 aliphatic heterocycles. The molecule has 0 radical (unpaired) electrons. The normalized spacial score (nSPS) is 16.5. The summed E-state index contributed by atoms with van der Waals surface area (Å²) >= 11 is 7.66. The monoisotopic (exact) mass is 418 g/mol. The fourth-order valence-electron chi connectivity index (χ4n) is 3.19. The molecule has 2 aromatic rings. The molecule has 0 aliphatic carbocycles. The fraction of sp³-hybridized carbons (Fsp3) is 0.300. The van der Waals surface area contributed by atoms with Crippen LogP contribution in [0.1, 0.15) is 15.2 Å². The number of hydrogen-bond donors (Lipinski definition) is 0. The van der Waals surface area contributed by atoms with E-state index in [9.17, 15) is 9.59 Å². The van der Waals surface area contributed by atoms with Crippen molar-refractivity contribution < 1.29 is 19.1 Å². The van der Waals surface area contributed by atoms with Gasteiger partial charge in [-0.1, -0.05) is 17.7 Å². The third-order valence-electron chi connectivity index (χ3n) is 4.65. The Balaban J connectivity index is 1.36. The number of halogens is 1. The second-order valence-corrected chi connectivity index (χ2v) is 7.81. The predicted molar refractivity (Wildman–Crippen MR) is 108 cm³/mol. The number of carbonyl (C=O) groups excluding carboxylic acids is 2. The van der Waals surface area contributed by atoms with Crippen LogP contribution in [0.25, 0.3) is 6.08 Å². The highest BCUT2D eigenvalue weighted by Crippen LogP contribution is 2.38. The van der Waals surface area contributed by atoms with Crippen LogP contribution in [0.4, 0.5) is 0 Å². The summed E-state index contributed by atoms with van der Waals surface area (Å²) in [5, 5.41) is 2.35. The Morgan fingerprint density at radius 3 is 2.57 bits per heavy atom. The number of carbonyl (C=O) groups is 2. The number of ether oxygens (including phenoxy) is 2. The van der Waals surface area contributed by atoms with E-state index in [2.05, 4.69) is 0 Å². The van der Waals surface area contributed by atoms with Crippen molar-refractivity contribution in [1.82, 2.24) is 9.80 Å². The van der Waals surface area contributed by atoms with Gasteiger partial charge in [0.1, 0.15) is 13.2 Å². The summed E-state index contributed by atoms with van der Waals surface area (Å²) in [4.78, 5) is 29.1. The van der Waals surface area contributed by atoms with E-state index in [1.54, 1.807) is 21.9 Å². The lowest BCUT2D eigenvalue weighted by molar-refractivity contribution is -0.127. The Bertz CT molecular complexity index is 905. The summed E-state index contributed by atoms with van der Waals surface area (Å²) in [6.07, 6.45) is 3.24. The summed E-state index contributed by atoms with van der Waals surface area (Å²) in [5.74, 6) is 1.08. The zero-order valence-corrected chi connectivity index (χ0v) is 16.7. The first kappa shape index (κ1) is 18.8. The van der Waals surface area contributed by atoms with Crippen molar-refractivity contribution >= 4 is 40.8 Å². The Hall–Kier alpha value is -2.51. The molecule has 3 heterocycles. The zero-order chi connectivity index (χ0) is 19.5. The summed E-state index contributed by atoms with van der Waals surface area (Å²) < 4.78 is 11.1. The van der Waals surface area contributed by atoms with E-state index in [4.69, 9.17) is 21.1 Å². The van der Waals surface area contributed by atoms with E-state index >= 15 is 0 Å². The number of hydrogen-bond acceptors (Lipinski definition) is 5. The van der Waals surface area contributed by atoms with E-state index < -0.39 is 0 Å². The molecule has 0 N–H and O–H groups in total. The van der Waals surface area contributed by atoms with Crippen molar-refractivity contribution in [2.45, 2.75) is 0 Å². The number of rotatable bonds is 3. The third kappa shape index (κ3) is 4.00. The predicted octanol–water partition coefficient (Wildman–Crippen LogP) is 3.17. The molecule has 0 atom stereocenters. The maximum absolute atomic E-state index is 12.5. The summed E-state index contributed by atoms with van der Waals surface area (Å²) in [6, 6.07) is 7.25. The molecule has 1 aromatic carbocycles. The van der Waals surface area contributed by atoms with Gasteiger partial charge in [0.05, 0.1) is 9.90 Å². The quantitative estimate of drug-likeness (QED) is 0.718. The molecule has 8 heteroatoms. The van der Waals surface area contributed by atoms with E-state index in [0.29, 0.717) is 55.9 Å². The molecular weight excluding hydrogens is 400 g/mol. The van der Waals surface area contributed by atoms with Gasteiger partial charge in [-0.25, -0.2) is 0 Å². The summed E-state index contributed by atoms with van der Waals surface area (Å²) in [6.45, 7) is 3.05. The van der Waals surface area contributed by atoms with Crippen molar-refractivity contribution in [3.8, 4) is 11.5 Å². The van der Waals surface area contributed by atoms with Crippen LogP contribution in [0.3, 0.4) is 0 Å². The first-order valence-electron chi connectivity index (χ1n) is 9.01. The van der Waals surface area contributed by atoms with Crippen LogP contribution in [-0.4, -0.2) is 61.0 Å². The molecule has 2 aliphatic rings. The largest absolute Gasteiger partial charge is 0.486 e. The second kappa shape index (κ2) is 8.24. The van der Waals surface area contributed by atoms with Gasteiger partial charge in [-0.15, -0.1) is 11.3 Å². The molecule has 6 nitrogen and oxygen atoms in total. The van der Waals surface area contributed by atoms with Crippen LogP contribution in [0, 0.1) is 0 Å². The van der Waals surface area contributed by atoms with Gasteiger partial charge in [-0.05, 0) is 35.2 Å². The highest BCUT2D eigenvalue weighted by atomic mass is 35.5. The van der Waals surface area contributed by atoms with Gasteiger partial charge in [0.25, 0.3) is 5.91 Å². The highest BCUT2D eigenvalue weighted by molar-refractivity contribution is 7.12. The van der Waals surface area contributed by atoms with Crippen molar-refractivity contribution in [1.29, 1.82) is 0 Å². The van der Waals surface area contributed by atoms with Crippen molar-refractivity contribution in [2.75, 3.05) is 39.4 Å². The van der Waals surface area contributed by atoms with Crippen molar-refractivity contribution in [2.24, 2.45) is 0 Å². The van der Waals surface area contributed by atoms with Crippen molar-refractivity contribution in [3.05, 3.63) is 51.2 Å². The molecule has 4 rings (SSSR count). The van der Waals surface area contributed by atoms with Crippen LogP contribution in [0.2, 0.25) is 5.02 Å². The van der Waals surface area contributed by atoms with Gasteiger partial charge in [-0.2, -0.15) is 0 Å². The average Bonchev–Trinajstić information content (AvgIpc) is 3.26. The highest BCUT2D eigenvalue weighted by Gasteiger charge is 2.24. The van der Waals surface area contributed by atoms with Gasteiger partial charge in [-0.3, -0.25) is 9.59 Å². The van der Waals surface area contributed by atoms with Crippen LogP contribution >= 0.6 is 22.9 Å². The van der Waals surface area contributed by atoms with E-state index in [1.165, 1.54) is 17.4 Å². The Morgan fingerprint density at radius 2 is 1.82 bits per heavy atom. The lowest BCUT2D eigenvalue weighted by atomic mass is 10.1. The maximum Gasteiger partial charge on any atom is 0.264 e. The smallest absolute Gasteiger partial charge is 0.264 e. The fourth-order valence-corrected chi connectivity index (χ4v) is 4.15. The molecule has 28 heavy (non-hydrogen) atoms. The van der Waals surface area contributed by atoms with Gasteiger partial charge >= 0.3 is 0 Å². The Morgan fingerprint density at radius 1 is 1.07 bits per heavy atom. The SMILES string of the molecule is O=C(/C=C/c1cc(Cl)c2c(c1)OCCO2)N1CCN(C(=O)c2cccs2)CC1. The molecule has 1 aromatic heterocycles. The number of thiophene rings is 1. The molecule has 0 saturated carbocycles. The lowest BCUT2D eigenvalue weighted by Gasteiger charge is -2.34. The topological polar surface area (TPSA) is 59.1 Å². The minimum atomic E-state index is -0.0887. The van der Waals surface area contributed by atoms with Gasteiger partial charge in [0, 0.05) is 32.3 Å². The Labute approximate surface area is 171 Å². The lowest BCUT2D eigenvalue weighted by Crippen LogP contribution is -2.50. The van der Waals surface area contributed by atoms with Crippen LogP contribution in [-0.2, 0) is 4.79 Å². The third-order valence-corrected chi connectivity index (χ3v) is 5.79. The minimum absolute atomic E-state index is 0.0311. The van der Waals surface area contributed by atoms with E-state index in [1.807, 2.05) is 23.6 Å². The van der Waals surface area contributed by atoms with Gasteiger partial charge in [0.15, 0.2) is 11.5 Å². The van der Waals surface area contributed by atoms with Gasteiger partial charge < -0.3 is 19.3 Å². The molecule has 1 saturated heterocycles. The number of fused-ring (bicyclic) bond motifs is 1. The first-order chi connectivity index (χ1) is 13.6. The number of nitrogens with zero attached hydrogens (tertiary/aromatic N) is 2. The van der Waals surface area contributed by atoms with Crippen LogP contribution < -0.4 is 9.47 Å². The first-order valence-corrected chi connectivity index (χ1v) is 10.3. The summed E-state index contributed by atoms with van der Waals surface area (Å²) in [7, 11) is 0. The Kier molecular flexibility index (Phi) is 5.54. The van der Waals surface area contributed by atoms with Crippen LogP contribution in [0.15, 0.2) is 35.7 Å². The van der Waals surface area contributed by atoms with E-state index in [0.717, 1.165) is 10.4 Å². The summed E-state index contributed by atoms with van der Waals surface area (Å²) in [5.41, 5.74) is 0.772. The molecule has 146 valence electrons. The molecule has 0 unspecified atom stereocenters. The molecular formula is C20H19ClN2O4S. The van der Waals surface area contributed by atoms with E-state index in [-0.39, 0.29) is 11.8 Å². The molecule has 0 bridgehead atoms. The average molecular weight is 419 g/mol. The molecule has 1 fully saturated rings. The maximum atomic E-state index is 12.5. The minimum Gasteiger partial charge on any atom is -0.486 e.